The van der Waals surface area contributed by atoms with E-state index in [1.165, 1.54) is 48.3 Å². The Morgan fingerprint density at radius 3 is 2.21 bits per heavy atom. The molecule has 2 aliphatic heterocycles. The van der Waals surface area contributed by atoms with Crippen LogP contribution in [0.15, 0.2) is 47.4 Å². The molecule has 0 atom stereocenters. The van der Waals surface area contributed by atoms with Crippen LogP contribution in [0.5, 0.6) is 0 Å². The monoisotopic (exact) mass is 484 g/mol. The molecular formula is C26H36N4O3S. The quantitative estimate of drug-likeness (QED) is 0.654. The number of sulfonamides is 1. The van der Waals surface area contributed by atoms with Crippen molar-refractivity contribution < 1.29 is 13.2 Å². The number of amides is 1. The molecule has 0 aromatic heterocycles. The van der Waals surface area contributed by atoms with Gasteiger partial charge in [-0.05, 0) is 68.7 Å². The van der Waals surface area contributed by atoms with E-state index in [1.54, 1.807) is 12.1 Å². The van der Waals surface area contributed by atoms with Gasteiger partial charge in [-0.3, -0.25) is 9.69 Å². The minimum Gasteiger partial charge on any atom is -0.348 e. The molecule has 184 valence electrons. The van der Waals surface area contributed by atoms with Gasteiger partial charge in [0, 0.05) is 44.8 Å². The molecule has 2 heterocycles. The highest BCUT2D eigenvalue weighted by molar-refractivity contribution is 7.89. The number of piperidine rings is 1. The Balaban J connectivity index is 1.38. The molecule has 34 heavy (non-hydrogen) atoms. The zero-order chi connectivity index (χ0) is 24.1. The first kappa shape index (κ1) is 24.9. The lowest BCUT2D eigenvalue weighted by Gasteiger charge is -2.31. The van der Waals surface area contributed by atoms with E-state index >= 15 is 0 Å². The number of benzene rings is 2. The van der Waals surface area contributed by atoms with E-state index in [0.717, 1.165) is 17.7 Å². The molecule has 2 fully saturated rings. The number of likely N-dealkylation sites (tertiary alicyclic amines) is 1. The van der Waals surface area contributed by atoms with Crippen molar-refractivity contribution in [1.29, 1.82) is 0 Å². The third-order valence-electron chi connectivity index (χ3n) is 6.88. The van der Waals surface area contributed by atoms with Gasteiger partial charge < -0.3 is 10.2 Å². The number of aryl methyl sites for hydroxylation is 1. The summed E-state index contributed by atoms with van der Waals surface area (Å²) < 4.78 is 27.7. The molecule has 0 saturated carbocycles. The molecule has 8 heteroatoms. The third kappa shape index (κ3) is 6.05. The number of nitrogens with one attached hydrogen (secondary N) is 1. The predicted molar refractivity (Wildman–Crippen MR) is 134 cm³/mol. The van der Waals surface area contributed by atoms with Crippen LogP contribution in [-0.4, -0.2) is 74.7 Å². The van der Waals surface area contributed by atoms with Crippen molar-refractivity contribution in [3.8, 4) is 0 Å². The average Bonchev–Trinajstić information content (AvgIpc) is 2.84. The lowest BCUT2D eigenvalue weighted by Crippen LogP contribution is -2.47. The maximum Gasteiger partial charge on any atom is 0.251 e. The van der Waals surface area contributed by atoms with Gasteiger partial charge in [0.15, 0.2) is 0 Å². The minimum absolute atomic E-state index is 0.176. The van der Waals surface area contributed by atoms with Gasteiger partial charge in [0.1, 0.15) is 0 Å². The zero-order valence-electron chi connectivity index (χ0n) is 20.3. The van der Waals surface area contributed by atoms with Crippen LogP contribution in [0.3, 0.4) is 0 Å². The summed E-state index contributed by atoms with van der Waals surface area (Å²) >= 11 is 0. The second-order valence-electron chi connectivity index (χ2n) is 9.52. The van der Waals surface area contributed by atoms with Crippen molar-refractivity contribution >= 4 is 15.9 Å². The Morgan fingerprint density at radius 1 is 0.882 bits per heavy atom. The Kier molecular flexibility index (Phi) is 8.03. The largest absolute Gasteiger partial charge is 0.348 e. The number of hydrogen-bond donors (Lipinski definition) is 1. The average molecular weight is 485 g/mol. The van der Waals surface area contributed by atoms with Gasteiger partial charge >= 0.3 is 0 Å². The topological polar surface area (TPSA) is 73.0 Å². The van der Waals surface area contributed by atoms with Crippen LogP contribution in [-0.2, 0) is 23.1 Å². The molecule has 2 saturated heterocycles. The number of piperazine rings is 1. The van der Waals surface area contributed by atoms with Crippen molar-refractivity contribution in [2.45, 2.75) is 44.2 Å². The molecule has 2 aromatic carbocycles. The van der Waals surface area contributed by atoms with Crippen LogP contribution >= 0.6 is 0 Å². The first-order valence-electron chi connectivity index (χ1n) is 12.2. The summed E-state index contributed by atoms with van der Waals surface area (Å²) in [6, 6.07) is 13.2. The first-order valence-corrected chi connectivity index (χ1v) is 13.6. The second kappa shape index (κ2) is 11.0. The van der Waals surface area contributed by atoms with E-state index in [0.29, 0.717) is 38.3 Å². The summed E-state index contributed by atoms with van der Waals surface area (Å²) in [5, 5.41) is 2.96. The fraction of sp³-hybridized carbons (Fsp3) is 0.500. The lowest BCUT2D eigenvalue weighted by molar-refractivity contribution is 0.0950. The highest BCUT2D eigenvalue weighted by Gasteiger charge is 2.28. The van der Waals surface area contributed by atoms with Crippen LogP contribution in [0.2, 0.25) is 0 Å². The third-order valence-corrected chi connectivity index (χ3v) is 8.78. The Bertz CT molecular complexity index is 1090. The van der Waals surface area contributed by atoms with Crippen molar-refractivity contribution in [3.05, 3.63) is 64.7 Å². The number of carbonyl (C=O) groups excluding carboxylic acids is 1. The molecule has 7 nitrogen and oxygen atoms in total. The van der Waals surface area contributed by atoms with Gasteiger partial charge in [-0.15, -0.1) is 0 Å². The van der Waals surface area contributed by atoms with E-state index in [2.05, 4.69) is 39.4 Å². The summed E-state index contributed by atoms with van der Waals surface area (Å²) in [6.07, 6.45) is 3.89. The highest BCUT2D eigenvalue weighted by atomic mass is 32.2. The van der Waals surface area contributed by atoms with Crippen LogP contribution in [0.1, 0.15) is 46.3 Å². The molecule has 1 amide bonds. The van der Waals surface area contributed by atoms with Crippen molar-refractivity contribution in [2.75, 3.05) is 46.3 Å². The molecule has 1 N–H and O–H groups in total. The van der Waals surface area contributed by atoms with E-state index in [4.69, 9.17) is 0 Å². The molecule has 2 aromatic rings. The maximum atomic E-state index is 13.1. The molecule has 4 rings (SSSR count). The number of rotatable bonds is 7. The number of carbonyl (C=O) groups is 1. The molecule has 2 aliphatic rings. The Labute approximate surface area is 203 Å². The molecule has 0 spiro atoms. The summed E-state index contributed by atoms with van der Waals surface area (Å²) in [5.41, 5.74) is 3.47. The summed E-state index contributed by atoms with van der Waals surface area (Å²) in [6.45, 7) is 7.87. The molecule has 0 aliphatic carbocycles. The summed E-state index contributed by atoms with van der Waals surface area (Å²) in [7, 11) is -1.63. The van der Waals surface area contributed by atoms with Gasteiger partial charge in [-0.25, -0.2) is 8.42 Å². The SMILES string of the molecule is Cc1ccc(S(=O)(=O)N2CCN(C)CC2)cc1C(=O)NCc1ccc(CN2CCCCC2)cc1. The number of nitrogens with zero attached hydrogens (tertiary/aromatic N) is 3. The fourth-order valence-corrected chi connectivity index (χ4v) is 6.05. The second-order valence-corrected chi connectivity index (χ2v) is 11.5. The standard InChI is InChI=1S/C26H36N4O3S/c1-21-6-11-24(34(32,33)30-16-14-28(2)15-17-30)18-25(21)26(31)27-19-22-7-9-23(10-8-22)20-29-12-4-3-5-13-29/h6-11,18H,3-5,12-17,19-20H2,1-2H3,(H,27,31). The fourth-order valence-electron chi connectivity index (χ4n) is 4.60. The first-order chi connectivity index (χ1) is 16.3. The van der Waals surface area contributed by atoms with E-state index < -0.39 is 10.0 Å². The van der Waals surface area contributed by atoms with Crippen LogP contribution in [0, 0.1) is 6.92 Å². The molecule has 0 unspecified atom stereocenters. The summed E-state index contributed by atoms with van der Waals surface area (Å²) in [5.74, 6) is -0.259. The van der Waals surface area contributed by atoms with Gasteiger partial charge in [0.25, 0.3) is 5.91 Å². The predicted octanol–water partition coefficient (Wildman–Crippen LogP) is 2.85. The van der Waals surface area contributed by atoms with E-state index in [9.17, 15) is 13.2 Å². The van der Waals surface area contributed by atoms with Crippen LogP contribution in [0.25, 0.3) is 0 Å². The van der Waals surface area contributed by atoms with Crippen molar-refractivity contribution in [3.63, 3.8) is 0 Å². The molecule has 0 bridgehead atoms. The van der Waals surface area contributed by atoms with Crippen LogP contribution < -0.4 is 5.32 Å². The number of likely N-dealkylation sites (N-methyl/N-ethyl adjacent to an activating group) is 1. The van der Waals surface area contributed by atoms with E-state index in [1.807, 2.05) is 14.0 Å². The number of hydrogen-bond acceptors (Lipinski definition) is 5. The van der Waals surface area contributed by atoms with Crippen molar-refractivity contribution in [2.24, 2.45) is 0 Å². The minimum atomic E-state index is -3.62. The van der Waals surface area contributed by atoms with Gasteiger partial charge in [0.05, 0.1) is 4.90 Å². The van der Waals surface area contributed by atoms with Crippen LogP contribution in [0.4, 0.5) is 0 Å². The zero-order valence-corrected chi connectivity index (χ0v) is 21.1. The molecular weight excluding hydrogens is 448 g/mol. The Morgan fingerprint density at radius 2 is 1.53 bits per heavy atom. The smallest absolute Gasteiger partial charge is 0.251 e. The van der Waals surface area contributed by atoms with Crippen molar-refractivity contribution in [1.82, 2.24) is 19.4 Å². The van der Waals surface area contributed by atoms with Gasteiger partial charge in [0.2, 0.25) is 10.0 Å². The van der Waals surface area contributed by atoms with Gasteiger partial charge in [-0.1, -0.05) is 36.8 Å². The lowest BCUT2D eigenvalue weighted by atomic mass is 10.1. The molecule has 0 radical (unpaired) electrons. The highest BCUT2D eigenvalue weighted by Crippen LogP contribution is 2.21. The normalized spacial score (nSPS) is 18.6. The maximum absolute atomic E-state index is 13.1. The van der Waals surface area contributed by atoms with E-state index in [-0.39, 0.29) is 10.8 Å². The Hall–Kier alpha value is -2.26. The van der Waals surface area contributed by atoms with Gasteiger partial charge in [-0.2, -0.15) is 4.31 Å². The summed E-state index contributed by atoms with van der Waals surface area (Å²) in [4.78, 5) is 17.7.